The molecule has 6 heteroatoms. The maximum atomic E-state index is 4.55. The maximum Gasteiger partial charge on any atom is 0.225 e. The van der Waals surface area contributed by atoms with Crippen LogP contribution in [0.15, 0.2) is 30.9 Å². The molecule has 2 aromatic heterocycles. The number of nitrogens with zero attached hydrogens (tertiary/aromatic N) is 6. The predicted octanol–water partition coefficient (Wildman–Crippen LogP) is 2.72. The molecule has 1 spiro atoms. The molecule has 0 amide bonds. The van der Waals surface area contributed by atoms with E-state index in [1.165, 1.54) is 31.2 Å². The highest BCUT2D eigenvalue weighted by molar-refractivity contribution is 5.33. The summed E-state index contributed by atoms with van der Waals surface area (Å²) in [7, 11) is 0. The van der Waals surface area contributed by atoms with Gasteiger partial charge in [0.05, 0.1) is 0 Å². The van der Waals surface area contributed by atoms with E-state index in [1.54, 1.807) is 0 Å². The van der Waals surface area contributed by atoms with Crippen molar-refractivity contribution < 1.29 is 0 Å². The molecule has 0 bridgehead atoms. The Bertz CT molecular complexity index is 679. The fourth-order valence-corrected chi connectivity index (χ4v) is 4.12. The van der Waals surface area contributed by atoms with Crippen LogP contribution in [-0.4, -0.2) is 46.1 Å². The van der Waals surface area contributed by atoms with E-state index in [9.17, 15) is 0 Å². The fourth-order valence-electron chi connectivity index (χ4n) is 4.12. The lowest BCUT2D eigenvalue weighted by Gasteiger charge is -2.47. The van der Waals surface area contributed by atoms with Gasteiger partial charge in [0.1, 0.15) is 0 Å². The van der Waals surface area contributed by atoms with Gasteiger partial charge >= 0.3 is 0 Å². The molecule has 0 radical (unpaired) electrons. The van der Waals surface area contributed by atoms with Crippen molar-refractivity contribution in [3.05, 3.63) is 36.4 Å². The van der Waals surface area contributed by atoms with Gasteiger partial charge < -0.3 is 9.80 Å². The summed E-state index contributed by atoms with van der Waals surface area (Å²) < 4.78 is 0. The highest BCUT2D eigenvalue weighted by Crippen LogP contribution is 2.40. The molecule has 2 fully saturated rings. The summed E-state index contributed by atoms with van der Waals surface area (Å²) in [5.74, 6) is 1.76. The van der Waals surface area contributed by atoms with Crippen molar-refractivity contribution in [2.45, 2.75) is 39.0 Å². The molecule has 2 aliphatic heterocycles. The van der Waals surface area contributed by atoms with E-state index in [0.717, 1.165) is 44.5 Å². The minimum absolute atomic E-state index is 0.386. The topological polar surface area (TPSA) is 58.0 Å². The summed E-state index contributed by atoms with van der Waals surface area (Å²) in [4.78, 5) is 22.7. The smallest absolute Gasteiger partial charge is 0.225 e. The van der Waals surface area contributed by atoms with Crippen LogP contribution >= 0.6 is 0 Å². The molecule has 0 aliphatic carbocycles. The normalized spacial score (nSPS) is 20.0. The Morgan fingerprint density at radius 1 is 0.880 bits per heavy atom. The van der Waals surface area contributed by atoms with Gasteiger partial charge in [-0.25, -0.2) is 19.9 Å². The zero-order valence-electron chi connectivity index (χ0n) is 14.9. The molecule has 2 aromatic rings. The van der Waals surface area contributed by atoms with Gasteiger partial charge in [0.15, 0.2) is 0 Å². The zero-order valence-corrected chi connectivity index (χ0v) is 14.9. The van der Waals surface area contributed by atoms with Gasteiger partial charge in [0.2, 0.25) is 11.9 Å². The average molecular weight is 338 g/mol. The monoisotopic (exact) mass is 338 g/mol. The quantitative estimate of drug-likeness (QED) is 0.858. The maximum absolute atomic E-state index is 4.55. The fraction of sp³-hybridized carbons (Fsp3) is 0.579. The van der Waals surface area contributed by atoms with Crippen LogP contribution in [0.4, 0.5) is 11.9 Å². The molecule has 25 heavy (non-hydrogen) atoms. The molecule has 0 aromatic carbocycles. The Hall–Kier alpha value is -2.24. The van der Waals surface area contributed by atoms with Crippen molar-refractivity contribution in [1.82, 2.24) is 19.9 Å². The van der Waals surface area contributed by atoms with E-state index in [4.69, 9.17) is 0 Å². The Kier molecular flexibility index (Phi) is 4.51. The van der Waals surface area contributed by atoms with Crippen molar-refractivity contribution in [2.24, 2.45) is 5.41 Å². The molecule has 2 aliphatic rings. The van der Waals surface area contributed by atoms with Gasteiger partial charge in [-0.1, -0.05) is 6.92 Å². The minimum Gasteiger partial charge on any atom is -0.341 e. The Labute approximate surface area is 149 Å². The van der Waals surface area contributed by atoms with Crippen LogP contribution in [-0.2, 0) is 6.42 Å². The first-order valence-electron chi connectivity index (χ1n) is 9.36. The van der Waals surface area contributed by atoms with Gasteiger partial charge in [-0.15, -0.1) is 0 Å². The molecule has 0 unspecified atom stereocenters. The molecule has 6 nitrogen and oxygen atoms in total. The highest BCUT2D eigenvalue weighted by Gasteiger charge is 2.39. The Morgan fingerprint density at radius 2 is 1.56 bits per heavy atom. The molecular weight excluding hydrogens is 312 g/mol. The molecular formula is C19H26N6. The van der Waals surface area contributed by atoms with Crippen LogP contribution < -0.4 is 9.80 Å². The van der Waals surface area contributed by atoms with Crippen LogP contribution in [0.1, 0.15) is 38.2 Å². The minimum atomic E-state index is 0.386. The van der Waals surface area contributed by atoms with E-state index < -0.39 is 0 Å². The van der Waals surface area contributed by atoms with Crippen LogP contribution in [0, 0.1) is 5.41 Å². The molecule has 4 rings (SSSR count). The van der Waals surface area contributed by atoms with Gasteiger partial charge in [-0.3, -0.25) is 0 Å². The lowest BCUT2D eigenvalue weighted by molar-refractivity contribution is 0.177. The first-order chi connectivity index (χ1) is 12.3. The number of hydrogen-bond acceptors (Lipinski definition) is 6. The number of piperidine rings is 2. The molecule has 0 saturated carbocycles. The largest absolute Gasteiger partial charge is 0.341 e. The van der Waals surface area contributed by atoms with Gasteiger partial charge in [-0.2, -0.15) is 0 Å². The third-order valence-electron chi connectivity index (χ3n) is 5.70. The summed E-state index contributed by atoms with van der Waals surface area (Å²) in [5.41, 5.74) is 1.58. The highest BCUT2D eigenvalue weighted by atomic mass is 15.3. The van der Waals surface area contributed by atoms with Crippen LogP contribution in [0.25, 0.3) is 0 Å². The second-order valence-corrected chi connectivity index (χ2v) is 7.31. The van der Waals surface area contributed by atoms with Gasteiger partial charge in [-0.05, 0) is 49.1 Å². The lowest BCUT2D eigenvalue weighted by Crippen LogP contribution is -2.50. The Balaban J connectivity index is 1.41. The number of rotatable bonds is 3. The number of aromatic nitrogens is 4. The summed E-state index contributed by atoms with van der Waals surface area (Å²) >= 11 is 0. The molecule has 0 N–H and O–H groups in total. The van der Waals surface area contributed by atoms with Crippen molar-refractivity contribution in [2.75, 3.05) is 36.0 Å². The zero-order chi connectivity index (χ0) is 17.1. The van der Waals surface area contributed by atoms with Crippen LogP contribution in [0.5, 0.6) is 0 Å². The van der Waals surface area contributed by atoms with Crippen molar-refractivity contribution in [1.29, 1.82) is 0 Å². The third-order valence-corrected chi connectivity index (χ3v) is 5.70. The summed E-state index contributed by atoms with van der Waals surface area (Å²) in [6.45, 7) is 6.34. The van der Waals surface area contributed by atoms with Gasteiger partial charge in [0.25, 0.3) is 0 Å². The molecule has 132 valence electrons. The SMILES string of the molecule is CCc1cnc(N2CCC3(CCCN(c4ncccn4)C3)CC2)nc1. The Morgan fingerprint density at radius 3 is 2.24 bits per heavy atom. The van der Waals surface area contributed by atoms with Crippen molar-refractivity contribution in [3.8, 4) is 0 Å². The number of hydrogen-bond donors (Lipinski definition) is 0. The average Bonchev–Trinajstić information content (AvgIpc) is 2.69. The second-order valence-electron chi connectivity index (χ2n) is 7.31. The van der Waals surface area contributed by atoms with E-state index in [0.29, 0.717) is 5.41 Å². The first-order valence-corrected chi connectivity index (χ1v) is 9.36. The predicted molar refractivity (Wildman–Crippen MR) is 98.8 cm³/mol. The van der Waals surface area contributed by atoms with Crippen LogP contribution in [0.3, 0.4) is 0 Å². The summed E-state index contributed by atoms with van der Waals surface area (Å²) in [6, 6.07) is 1.88. The summed E-state index contributed by atoms with van der Waals surface area (Å²) in [5, 5.41) is 0. The molecule has 2 saturated heterocycles. The molecule has 4 heterocycles. The number of aryl methyl sites for hydroxylation is 1. The lowest BCUT2D eigenvalue weighted by atomic mass is 9.72. The van der Waals surface area contributed by atoms with E-state index in [2.05, 4.69) is 36.7 Å². The van der Waals surface area contributed by atoms with E-state index in [-0.39, 0.29) is 0 Å². The van der Waals surface area contributed by atoms with E-state index in [1.807, 2.05) is 30.9 Å². The third kappa shape index (κ3) is 3.43. The number of anilines is 2. The summed E-state index contributed by atoms with van der Waals surface area (Å²) in [6.07, 6.45) is 13.5. The van der Waals surface area contributed by atoms with Crippen molar-refractivity contribution >= 4 is 11.9 Å². The van der Waals surface area contributed by atoms with Crippen molar-refractivity contribution in [3.63, 3.8) is 0 Å². The van der Waals surface area contributed by atoms with Crippen LogP contribution in [0.2, 0.25) is 0 Å². The first kappa shape index (κ1) is 16.2. The second kappa shape index (κ2) is 6.94. The standard InChI is InChI=1S/C19H26N6/c1-2-16-13-22-18(23-14-16)24-11-6-19(7-12-24)5-3-10-25(15-19)17-20-8-4-9-21-17/h4,8-9,13-14H,2-3,5-7,10-12,15H2,1H3. The molecule has 0 atom stereocenters. The van der Waals surface area contributed by atoms with Gasteiger partial charge in [0, 0.05) is 51.0 Å². The van der Waals surface area contributed by atoms with E-state index >= 15 is 0 Å².